The van der Waals surface area contributed by atoms with E-state index in [9.17, 15) is 8.42 Å². The largest absolute Gasteiger partial charge is 0.356 e. The Morgan fingerprint density at radius 3 is 2.60 bits per heavy atom. The number of nitrogens with zero attached hydrogens (tertiary/aromatic N) is 2. The fourth-order valence-electron chi connectivity index (χ4n) is 2.97. The van der Waals surface area contributed by atoms with Gasteiger partial charge in [0.1, 0.15) is 0 Å². The summed E-state index contributed by atoms with van der Waals surface area (Å²) in [5, 5.41) is 3.27. The average Bonchev–Trinajstić information content (AvgIpc) is 3.06. The Hall–Kier alpha value is -2.34. The summed E-state index contributed by atoms with van der Waals surface area (Å²) in [7, 11) is -3.31. The molecule has 0 saturated carbocycles. The number of nitrogens with one attached hydrogen (secondary N) is 1. The Bertz CT molecular complexity index is 848. The Balaban J connectivity index is 1.74. The van der Waals surface area contributed by atoms with E-state index >= 15 is 0 Å². The highest BCUT2D eigenvalue weighted by molar-refractivity contribution is 7.91. The Morgan fingerprint density at radius 1 is 1.12 bits per heavy atom. The molecule has 2 aromatic rings. The van der Waals surface area contributed by atoms with E-state index in [0.717, 1.165) is 31.2 Å². The summed E-state index contributed by atoms with van der Waals surface area (Å²) in [5.74, 6) is 0.747. The van der Waals surface area contributed by atoms with E-state index in [1.165, 1.54) is 5.56 Å². The molecule has 0 atom stereocenters. The maximum Gasteiger partial charge on any atom is 0.198 e. The van der Waals surface area contributed by atoms with Crippen LogP contribution in [0.5, 0.6) is 0 Å². The highest BCUT2D eigenvalue weighted by atomic mass is 32.2. The Morgan fingerprint density at radius 2 is 1.84 bits per heavy atom. The summed E-state index contributed by atoms with van der Waals surface area (Å²) in [6, 6.07) is 16.8. The van der Waals surface area contributed by atoms with Crippen molar-refractivity contribution in [3.05, 3.63) is 60.2 Å². The van der Waals surface area contributed by atoms with Gasteiger partial charge < -0.3 is 10.2 Å². The Kier molecular flexibility index (Phi) is 5.38. The molecule has 132 valence electrons. The lowest BCUT2D eigenvalue weighted by Crippen LogP contribution is -2.40. The van der Waals surface area contributed by atoms with Crippen LogP contribution in [0, 0.1) is 0 Å². The van der Waals surface area contributed by atoms with Crippen LogP contribution in [-0.4, -0.2) is 39.8 Å². The number of anilines is 1. The molecule has 25 heavy (non-hydrogen) atoms. The molecule has 0 unspecified atom stereocenters. The molecule has 1 heterocycles. The lowest BCUT2D eigenvalue weighted by molar-refractivity contribution is 0.596. The molecule has 1 aliphatic heterocycles. The van der Waals surface area contributed by atoms with Crippen molar-refractivity contribution in [2.24, 2.45) is 4.99 Å². The van der Waals surface area contributed by atoms with Crippen molar-refractivity contribution >= 4 is 21.5 Å². The molecule has 6 heteroatoms. The molecule has 0 aliphatic carbocycles. The van der Waals surface area contributed by atoms with Crippen LogP contribution in [-0.2, 0) is 16.3 Å². The number of rotatable bonds is 5. The Labute approximate surface area is 149 Å². The zero-order valence-electron chi connectivity index (χ0n) is 14.4. The van der Waals surface area contributed by atoms with Crippen molar-refractivity contribution in [2.75, 3.05) is 30.3 Å². The van der Waals surface area contributed by atoms with Crippen molar-refractivity contribution in [2.45, 2.75) is 18.2 Å². The van der Waals surface area contributed by atoms with Gasteiger partial charge in [-0.15, -0.1) is 0 Å². The van der Waals surface area contributed by atoms with Gasteiger partial charge in [0.2, 0.25) is 0 Å². The molecule has 0 bridgehead atoms. The van der Waals surface area contributed by atoms with Crippen LogP contribution in [0.1, 0.15) is 12.5 Å². The summed E-state index contributed by atoms with van der Waals surface area (Å²) in [6.07, 6.45) is 0.975. The molecule has 0 saturated heterocycles. The third-order valence-corrected chi connectivity index (χ3v) is 5.91. The molecule has 5 nitrogen and oxygen atoms in total. The number of guanidine groups is 1. The standard InChI is InChI=1S/C19H23N3O2S/c1-2-20-19(22-14-12-16-8-6-7-11-18(16)22)21-13-15-25(23,24)17-9-4-3-5-10-17/h3-11H,2,12-15H2,1H3,(H,20,21). The van der Waals surface area contributed by atoms with Crippen LogP contribution in [0.2, 0.25) is 0 Å². The van der Waals surface area contributed by atoms with Crippen molar-refractivity contribution in [3.63, 3.8) is 0 Å². The van der Waals surface area contributed by atoms with Gasteiger partial charge in [-0.2, -0.15) is 0 Å². The molecule has 2 aromatic carbocycles. The second-order valence-electron chi connectivity index (χ2n) is 5.90. The smallest absolute Gasteiger partial charge is 0.198 e. The van der Waals surface area contributed by atoms with Crippen LogP contribution in [0.3, 0.4) is 0 Å². The van der Waals surface area contributed by atoms with Crippen LogP contribution >= 0.6 is 0 Å². The number of hydrogen-bond donors (Lipinski definition) is 1. The number of fused-ring (bicyclic) bond motifs is 1. The van der Waals surface area contributed by atoms with Gasteiger partial charge in [0, 0.05) is 18.8 Å². The van der Waals surface area contributed by atoms with Crippen LogP contribution < -0.4 is 10.2 Å². The number of sulfone groups is 1. The highest BCUT2D eigenvalue weighted by Crippen LogP contribution is 2.27. The topological polar surface area (TPSA) is 61.8 Å². The predicted octanol–water partition coefficient (Wildman–Crippen LogP) is 2.49. The predicted molar refractivity (Wildman–Crippen MR) is 102 cm³/mol. The average molecular weight is 357 g/mol. The van der Waals surface area contributed by atoms with Gasteiger partial charge >= 0.3 is 0 Å². The van der Waals surface area contributed by atoms with Gasteiger partial charge in [0.05, 0.1) is 17.2 Å². The van der Waals surface area contributed by atoms with Gasteiger partial charge in [0.15, 0.2) is 15.8 Å². The summed E-state index contributed by atoms with van der Waals surface area (Å²) < 4.78 is 24.8. The number of benzene rings is 2. The molecule has 1 N–H and O–H groups in total. The summed E-state index contributed by atoms with van der Waals surface area (Å²) in [4.78, 5) is 7.04. The summed E-state index contributed by atoms with van der Waals surface area (Å²) >= 11 is 0. The van der Waals surface area contributed by atoms with Gasteiger partial charge in [-0.3, -0.25) is 4.99 Å². The fourth-order valence-corrected chi connectivity index (χ4v) is 4.11. The maximum atomic E-state index is 12.4. The van der Waals surface area contributed by atoms with E-state index < -0.39 is 9.84 Å². The molecular formula is C19H23N3O2S. The lowest BCUT2D eigenvalue weighted by Gasteiger charge is -2.22. The number of para-hydroxylation sites is 1. The van der Waals surface area contributed by atoms with E-state index in [4.69, 9.17) is 0 Å². The number of hydrogen-bond acceptors (Lipinski definition) is 3. The SMILES string of the molecule is CCNC(=NCCS(=O)(=O)c1ccccc1)N1CCc2ccccc21. The van der Waals surface area contributed by atoms with Gasteiger partial charge in [0.25, 0.3) is 0 Å². The first-order valence-corrected chi connectivity index (χ1v) is 10.2. The van der Waals surface area contributed by atoms with Crippen molar-refractivity contribution in [1.29, 1.82) is 0 Å². The first-order chi connectivity index (χ1) is 12.1. The second-order valence-corrected chi connectivity index (χ2v) is 8.01. The normalized spacial score (nSPS) is 14.4. The van der Waals surface area contributed by atoms with Crippen LogP contribution in [0.4, 0.5) is 5.69 Å². The lowest BCUT2D eigenvalue weighted by atomic mass is 10.2. The molecule has 0 radical (unpaired) electrons. The molecule has 0 spiro atoms. The minimum atomic E-state index is -3.31. The first kappa shape index (κ1) is 17.5. The van der Waals surface area contributed by atoms with Crippen molar-refractivity contribution in [1.82, 2.24) is 5.32 Å². The number of aliphatic imine (C=N–C) groups is 1. The third-order valence-electron chi connectivity index (χ3n) is 4.20. The van der Waals surface area contributed by atoms with E-state index in [1.54, 1.807) is 24.3 Å². The molecule has 0 amide bonds. The minimum Gasteiger partial charge on any atom is -0.356 e. The molecular weight excluding hydrogens is 334 g/mol. The zero-order chi connectivity index (χ0) is 17.7. The second kappa shape index (κ2) is 7.70. The minimum absolute atomic E-state index is 0.00138. The summed E-state index contributed by atoms with van der Waals surface area (Å²) in [6.45, 7) is 3.84. The molecule has 0 fully saturated rings. The molecule has 1 aliphatic rings. The van der Waals surface area contributed by atoms with Crippen LogP contribution in [0.25, 0.3) is 0 Å². The van der Waals surface area contributed by atoms with Crippen molar-refractivity contribution < 1.29 is 8.42 Å². The fraction of sp³-hybridized carbons (Fsp3) is 0.316. The zero-order valence-corrected chi connectivity index (χ0v) is 15.2. The molecule has 3 rings (SSSR count). The summed E-state index contributed by atoms with van der Waals surface area (Å²) in [5.41, 5.74) is 2.44. The van der Waals surface area contributed by atoms with E-state index in [0.29, 0.717) is 4.90 Å². The maximum absolute atomic E-state index is 12.4. The third kappa shape index (κ3) is 4.02. The highest BCUT2D eigenvalue weighted by Gasteiger charge is 2.22. The van der Waals surface area contributed by atoms with Gasteiger partial charge in [-0.25, -0.2) is 8.42 Å². The van der Waals surface area contributed by atoms with Gasteiger partial charge in [-0.05, 0) is 37.1 Å². The van der Waals surface area contributed by atoms with E-state index in [-0.39, 0.29) is 12.3 Å². The monoisotopic (exact) mass is 357 g/mol. The van der Waals surface area contributed by atoms with Crippen LogP contribution in [0.15, 0.2) is 64.5 Å². The van der Waals surface area contributed by atoms with E-state index in [2.05, 4.69) is 27.3 Å². The van der Waals surface area contributed by atoms with Crippen molar-refractivity contribution in [3.8, 4) is 0 Å². The van der Waals surface area contributed by atoms with Gasteiger partial charge in [-0.1, -0.05) is 36.4 Å². The first-order valence-electron chi connectivity index (χ1n) is 8.53. The van der Waals surface area contributed by atoms with E-state index in [1.807, 2.05) is 25.1 Å². The molecule has 0 aromatic heterocycles. The quantitative estimate of drug-likeness (QED) is 0.660.